The molecule has 0 aromatic heterocycles. The highest BCUT2D eigenvalue weighted by molar-refractivity contribution is 8.01. The number of β-lactam (4-membered cyclic amide) rings is 1. The summed E-state index contributed by atoms with van der Waals surface area (Å²) in [7, 11) is 0. The number of hydrogen-bond acceptors (Lipinski definition) is 9. The van der Waals surface area contributed by atoms with Crippen LogP contribution in [0.15, 0.2) is 66.4 Å². The normalized spacial score (nSPS) is 21.8. The fourth-order valence-electron chi connectivity index (χ4n) is 4.53. The van der Waals surface area contributed by atoms with Gasteiger partial charge in [0.2, 0.25) is 0 Å². The lowest BCUT2D eigenvalue weighted by Crippen LogP contribution is -2.69. The van der Waals surface area contributed by atoms with Gasteiger partial charge < -0.3 is 19.7 Å². The molecule has 3 aliphatic rings. The first kappa shape index (κ1) is 28.1. The van der Waals surface area contributed by atoms with Crippen LogP contribution in [0.25, 0.3) is 0 Å². The first-order valence-electron chi connectivity index (χ1n) is 13.0. The molecule has 4 atom stereocenters. The summed E-state index contributed by atoms with van der Waals surface area (Å²) in [6.45, 7) is 2.69. The molecule has 2 aromatic carbocycles. The number of fused-ring (bicyclic) bond motifs is 2. The number of imide groups is 1. The number of thioether (sulfide) groups is 1. The van der Waals surface area contributed by atoms with E-state index in [0.717, 1.165) is 16.7 Å². The van der Waals surface area contributed by atoms with Crippen molar-refractivity contribution >= 4 is 47.3 Å². The third-order valence-corrected chi connectivity index (χ3v) is 8.69. The molecule has 1 saturated heterocycles. The van der Waals surface area contributed by atoms with Crippen LogP contribution in [0.3, 0.4) is 0 Å². The van der Waals surface area contributed by atoms with Gasteiger partial charge in [0.15, 0.2) is 6.73 Å². The Labute approximate surface area is 239 Å². The molecule has 5 rings (SSSR count). The number of esters is 2. The van der Waals surface area contributed by atoms with Crippen molar-refractivity contribution < 1.29 is 38.2 Å². The molecule has 3 unspecified atom stereocenters. The minimum atomic E-state index is -1.03. The lowest BCUT2D eigenvalue weighted by atomic mass is 10.0. The van der Waals surface area contributed by atoms with Crippen LogP contribution in [-0.4, -0.2) is 75.4 Å². The van der Waals surface area contributed by atoms with E-state index in [4.69, 9.17) is 9.47 Å². The summed E-state index contributed by atoms with van der Waals surface area (Å²) in [4.78, 5) is 78.8. The first-order valence-corrected chi connectivity index (χ1v) is 14.0. The Morgan fingerprint density at radius 2 is 1.59 bits per heavy atom. The largest absolute Gasteiger partial charge is 0.461 e. The zero-order valence-corrected chi connectivity index (χ0v) is 23.1. The van der Waals surface area contributed by atoms with Crippen molar-refractivity contribution in [2.45, 2.75) is 36.9 Å². The van der Waals surface area contributed by atoms with Gasteiger partial charge in [0.25, 0.3) is 23.6 Å². The highest BCUT2D eigenvalue weighted by Crippen LogP contribution is 2.41. The quantitative estimate of drug-likeness (QED) is 0.270. The lowest BCUT2D eigenvalue weighted by molar-refractivity contribution is -0.149. The van der Waals surface area contributed by atoms with Gasteiger partial charge in [-0.15, -0.1) is 11.8 Å². The topological polar surface area (TPSA) is 139 Å². The van der Waals surface area contributed by atoms with E-state index in [1.165, 1.54) is 23.2 Å². The van der Waals surface area contributed by atoms with Crippen LogP contribution in [0.4, 0.5) is 0 Å². The van der Waals surface area contributed by atoms with Crippen LogP contribution in [0.5, 0.6) is 0 Å². The van der Waals surface area contributed by atoms with Crippen LogP contribution >= 0.6 is 11.8 Å². The summed E-state index contributed by atoms with van der Waals surface area (Å²) in [5.74, 6) is -3.57. The van der Waals surface area contributed by atoms with E-state index in [-0.39, 0.29) is 29.6 Å². The summed E-state index contributed by atoms with van der Waals surface area (Å²) in [6.07, 6.45) is 2.00. The Balaban J connectivity index is 1.31. The van der Waals surface area contributed by atoms with Crippen molar-refractivity contribution in [1.82, 2.24) is 15.1 Å². The molecule has 1 fully saturated rings. The van der Waals surface area contributed by atoms with Gasteiger partial charge in [-0.25, -0.2) is 4.90 Å². The molecular weight excluding hydrogens is 550 g/mol. The number of carbonyl (C=O) groups excluding carboxylic acids is 6. The van der Waals surface area contributed by atoms with Crippen LogP contribution in [0.2, 0.25) is 0 Å². The van der Waals surface area contributed by atoms with Gasteiger partial charge in [0, 0.05) is 17.3 Å². The minimum Gasteiger partial charge on any atom is -0.461 e. The number of hydrogen-bond donors (Lipinski definition) is 1. The molecule has 0 spiro atoms. The maximum absolute atomic E-state index is 13.3. The molecular formula is C29H27N3O8S. The van der Waals surface area contributed by atoms with Crippen molar-refractivity contribution in [2.75, 3.05) is 13.3 Å². The van der Waals surface area contributed by atoms with E-state index in [2.05, 4.69) is 5.32 Å². The Kier molecular flexibility index (Phi) is 7.93. The summed E-state index contributed by atoms with van der Waals surface area (Å²) >= 11 is 1.05. The molecule has 1 N–H and O–H groups in total. The second-order valence-electron chi connectivity index (χ2n) is 9.77. The van der Waals surface area contributed by atoms with Gasteiger partial charge in [0.05, 0.1) is 17.0 Å². The van der Waals surface area contributed by atoms with E-state index in [0.29, 0.717) is 17.6 Å². The van der Waals surface area contributed by atoms with Gasteiger partial charge in [-0.05, 0) is 30.7 Å². The number of nitrogens with one attached hydrogen (secondary N) is 1. The van der Waals surface area contributed by atoms with E-state index in [1.807, 2.05) is 6.92 Å². The Hall–Kier alpha value is -4.45. The molecule has 12 heteroatoms. The van der Waals surface area contributed by atoms with Gasteiger partial charge >= 0.3 is 11.9 Å². The van der Waals surface area contributed by atoms with Crippen molar-refractivity contribution in [2.24, 2.45) is 5.92 Å². The predicted octanol–water partition coefficient (Wildman–Crippen LogP) is 2.34. The molecule has 2 aromatic rings. The van der Waals surface area contributed by atoms with Crippen LogP contribution in [0, 0.1) is 5.92 Å². The van der Waals surface area contributed by atoms with E-state index in [9.17, 15) is 28.8 Å². The highest BCUT2D eigenvalue weighted by atomic mass is 32.2. The van der Waals surface area contributed by atoms with Gasteiger partial charge in [-0.1, -0.05) is 44.2 Å². The summed E-state index contributed by atoms with van der Waals surface area (Å²) in [5.41, 5.74) is 1.12. The average Bonchev–Trinajstić information content (AvgIpc) is 3.25. The van der Waals surface area contributed by atoms with Crippen molar-refractivity contribution in [1.29, 1.82) is 0 Å². The second-order valence-corrected chi connectivity index (χ2v) is 11.0. The molecule has 0 aliphatic carbocycles. The van der Waals surface area contributed by atoms with Crippen LogP contribution < -0.4 is 5.32 Å². The number of benzene rings is 2. The summed E-state index contributed by atoms with van der Waals surface area (Å²) < 4.78 is 10.8. The smallest absolute Gasteiger partial charge is 0.325 e. The monoisotopic (exact) mass is 577 g/mol. The van der Waals surface area contributed by atoms with Crippen LogP contribution in [-0.2, 0) is 23.9 Å². The predicted molar refractivity (Wildman–Crippen MR) is 146 cm³/mol. The summed E-state index contributed by atoms with van der Waals surface area (Å²) in [5, 5.41) is 1.06. The van der Waals surface area contributed by atoms with E-state index < -0.39 is 53.1 Å². The van der Waals surface area contributed by atoms with Gasteiger partial charge in [0.1, 0.15) is 23.3 Å². The number of nitrogens with zero attached hydrogens (tertiary/aromatic N) is 2. The van der Waals surface area contributed by atoms with Crippen molar-refractivity contribution in [3.05, 3.63) is 83.1 Å². The molecule has 0 saturated carbocycles. The average molecular weight is 578 g/mol. The molecule has 41 heavy (non-hydrogen) atoms. The number of carbonyl (C=O) groups is 6. The van der Waals surface area contributed by atoms with E-state index in [1.54, 1.807) is 49.4 Å². The standard InChI is InChI=1S/C29H27N3O8S/c1-3-16(2)28(37)39-14-18-13-31-26(36)21(30-23(33)17-9-5-4-6-10-17)27(31)41-22(18)29(38)40-15-32-24(34)19-11-7-8-12-20(19)25(32)35/h4-13,16,21-22,27H,3,14-15H2,1-2H3,(H,30,33)/t16?,21?,22?,27-/m1/s1. The molecule has 212 valence electrons. The zero-order chi connectivity index (χ0) is 29.3. The van der Waals surface area contributed by atoms with Crippen LogP contribution in [0.1, 0.15) is 51.3 Å². The third-order valence-electron chi connectivity index (χ3n) is 7.14. The highest BCUT2D eigenvalue weighted by Gasteiger charge is 2.53. The number of rotatable bonds is 9. The van der Waals surface area contributed by atoms with Gasteiger partial charge in [-0.3, -0.25) is 28.8 Å². The van der Waals surface area contributed by atoms with E-state index >= 15 is 0 Å². The Morgan fingerprint density at radius 3 is 2.22 bits per heavy atom. The minimum absolute atomic E-state index is 0.221. The van der Waals surface area contributed by atoms with Crippen molar-refractivity contribution in [3.63, 3.8) is 0 Å². The second kappa shape index (κ2) is 11.6. The molecule has 11 nitrogen and oxygen atoms in total. The maximum atomic E-state index is 13.3. The summed E-state index contributed by atoms with van der Waals surface area (Å²) in [6, 6.07) is 13.8. The fraction of sp³-hybridized carbons (Fsp3) is 0.310. The maximum Gasteiger partial charge on any atom is 0.325 e. The van der Waals surface area contributed by atoms with Crippen molar-refractivity contribution in [3.8, 4) is 0 Å². The third kappa shape index (κ3) is 5.34. The molecule has 4 amide bonds. The zero-order valence-electron chi connectivity index (χ0n) is 22.3. The Morgan fingerprint density at radius 1 is 0.951 bits per heavy atom. The fourth-order valence-corrected chi connectivity index (χ4v) is 5.93. The molecule has 3 heterocycles. The van der Waals surface area contributed by atoms with Gasteiger partial charge in [-0.2, -0.15) is 0 Å². The molecule has 0 radical (unpaired) electrons. The lowest BCUT2D eigenvalue weighted by Gasteiger charge is -2.48. The molecule has 3 aliphatic heterocycles. The number of amides is 4. The SMILES string of the molecule is CCC(C)C(=O)OCC1=CN2C(=O)C(NC(=O)c3ccccc3)[C@H]2SC1C(=O)OCN1C(=O)c2ccccc2C1=O. The number of ether oxygens (including phenoxy) is 2. The first-order chi connectivity index (χ1) is 19.7. The molecule has 0 bridgehead atoms. The Bertz CT molecular complexity index is 1420.